The van der Waals surface area contributed by atoms with Gasteiger partial charge in [-0.15, -0.1) is 0 Å². The molecule has 0 aromatic carbocycles. The Balaban J connectivity index is 2.05. The van der Waals surface area contributed by atoms with Crippen molar-refractivity contribution in [3.63, 3.8) is 0 Å². The van der Waals surface area contributed by atoms with Gasteiger partial charge in [-0.1, -0.05) is 26.7 Å². The molecule has 3 heterocycles. The van der Waals surface area contributed by atoms with Crippen LogP contribution in [0.4, 0.5) is 0 Å². The molecule has 11 heteroatoms. The smallest absolute Gasteiger partial charge is 0.332 e. The molecular weight excluding hydrogens is 384 g/mol. The summed E-state index contributed by atoms with van der Waals surface area (Å²) in [6.45, 7) is 4.15. The maximum atomic E-state index is 13.0. The molecule has 0 radical (unpaired) electrons. The molecule has 0 aliphatic carbocycles. The summed E-state index contributed by atoms with van der Waals surface area (Å²) < 4.78 is 8.99. The molecule has 0 spiro atoms. The first-order valence-corrected chi connectivity index (χ1v) is 9.94. The predicted molar refractivity (Wildman–Crippen MR) is 102 cm³/mol. The molecule has 3 N–H and O–H groups in total. The fourth-order valence-electron chi connectivity index (χ4n) is 3.34. The van der Waals surface area contributed by atoms with Crippen molar-refractivity contribution in [2.45, 2.75) is 77.2 Å². The number of nitrogens with zero attached hydrogens (tertiary/aromatic N) is 4. The quantitative estimate of drug-likeness (QED) is 0.468. The number of fused-ring (bicyclic) bond motifs is 1. The number of rotatable bonds is 9. The number of aryl methyl sites for hydroxylation is 1. The maximum absolute atomic E-state index is 13.0. The van der Waals surface area contributed by atoms with Crippen LogP contribution in [0.1, 0.15) is 39.5 Å². The van der Waals surface area contributed by atoms with Gasteiger partial charge in [0.1, 0.15) is 24.6 Å². The second-order valence-corrected chi connectivity index (χ2v) is 7.15. The van der Waals surface area contributed by atoms with Gasteiger partial charge < -0.3 is 24.9 Å². The molecule has 1 saturated heterocycles. The van der Waals surface area contributed by atoms with E-state index < -0.39 is 42.5 Å². The SMILES string of the molecule is CCCCn1c(=O)c2c(ncn2O[C@@H]2O[C@H](CO)[C@@H](O)[C@H]2O)n(CCCC)c1=O. The molecular formula is C18H28N4O7. The lowest BCUT2D eigenvalue weighted by Gasteiger charge is -2.17. The van der Waals surface area contributed by atoms with Gasteiger partial charge in [-0.05, 0) is 12.8 Å². The van der Waals surface area contributed by atoms with E-state index in [0.29, 0.717) is 13.0 Å². The van der Waals surface area contributed by atoms with E-state index in [1.807, 2.05) is 13.8 Å². The highest BCUT2D eigenvalue weighted by Crippen LogP contribution is 2.21. The van der Waals surface area contributed by atoms with Crippen molar-refractivity contribution in [3.05, 3.63) is 27.2 Å². The molecule has 0 amide bonds. The monoisotopic (exact) mass is 412 g/mol. The summed E-state index contributed by atoms with van der Waals surface area (Å²) in [5.41, 5.74) is -0.722. The van der Waals surface area contributed by atoms with Gasteiger partial charge in [0.2, 0.25) is 0 Å². The van der Waals surface area contributed by atoms with Crippen LogP contribution >= 0.6 is 0 Å². The molecule has 0 saturated carbocycles. The van der Waals surface area contributed by atoms with Gasteiger partial charge in [0.05, 0.1) is 6.61 Å². The van der Waals surface area contributed by atoms with Crippen LogP contribution in [0.2, 0.25) is 0 Å². The molecule has 1 aliphatic rings. The van der Waals surface area contributed by atoms with Gasteiger partial charge in [0.25, 0.3) is 11.8 Å². The van der Waals surface area contributed by atoms with Gasteiger partial charge in [-0.2, -0.15) is 4.73 Å². The Morgan fingerprint density at radius 3 is 2.34 bits per heavy atom. The molecule has 1 aliphatic heterocycles. The van der Waals surface area contributed by atoms with Crippen LogP contribution in [0.25, 0.3) is 11.2 Å². The summed E-state index contributed by atoms with van der Waals surface area (Å²) in [7, 11) is 0. The molecule has 0 unspecified atom stereocenters. The fraction of sp³-hybridized carbons (Fsp3) is 0.722. The van der Waals surface area contributed by atoms with E-state index in [1.54, 1.807) is 0 Å². The number of hydrogen-bond acceptors (Lipinski definition) is 8. The first-order chi connectivity index (χ1) is 13.9. The van der Waals surface area contributed by atoms with Crippen LogP contribution in [-0.2, 0) is 17.8 Å². The normalized spacial score (nSPS) is 24.4. The Morgan fingerprint density at radius 2 is 1.76 bits per heavy atom. The predicted octanol–water partition coefficient (Wildman–Crippen LogP) is -1.17. The Morgan fingerprint density at radius 1 is 1.10 bits per heavy atom. The van der Waals surface area contributed by atoms with Crippen LogP contribution in [-0.4, -0.2) is 65.4 Å². The fourth-order valence-corrected chi connectivity index (χ4v) is 3.34. The number of aliphatic hydroxyl groups excluding tert-OH is 3. The zero-order valence-corrected chi connectivity index (χ0v) is 16.6. The minimum Gasteiger partial charge on any atom is -0.394 e. The van der Waals surface area contributed by atoms with Crippen molar-refractivity contribution < 1.29 is 24.9 Å². The van der Waals surface area contributed by atoms with Crippen molar-refractivity contribution in [2.24, 2.45) is 0 Å². The molecule has 1 fully saturated rings. The number of unbranched alkanes of at least 4 members (excludes halogenated alkanes) is 2. The molecule has 4 atom stereocenters. The third-order valence-corrected chi connectivity index (χ3v) is 5.07. The topological polar surface area (TPSA) is 141 Å². The van der Waals surface area contributed by atoms with Crippen LogP contribution in [0.15, 0.2) is 15.9 Å². The third-order valence-electron chi connectivity index (χ3n) is 5.07. The minimum atomic E-state index is -1.42. The first-order valence-electron chi connectivity index (χ1n) is 9.94. The minimum absolute atomic E-state index is 0.0505. The van der Waals surface area contributed by atoms with Crippen molar-refractivity contribution in [1.82, 2.24) is 18.8 Å². The van der Waals surface area contributed by atoms with Gasteiger partial charge >= 0.3 is 5.69 Å². The van der Waals surface area contributed by atoms with Crippen LogP contribution in [0.3, 0.4) is 0 Å². The Kier molecular flexibility index (Phi) is 6.73. The highest BCUT2D eigenvalue weighted by Gasteiger charge is 2.44. The largest absolute Gasteiger partial charge is 0.394 e. The van der Waals surface area contributed by atoms with E-state index in [9.17, 15) is 24.9 Å². The number of aromatic nitrogens is 4. The highest BCUT2D eigenvalue weighted by atomic mass is 16.8. The van der Waals surface area contributed by atoms with Gasteiger partial charge in [-0.3, -0.25) is 13.9 Å². The third kappa shape index (κ3) is 3.95. The van der Waals surface area contributed by atoms with Crippen LogP contribution < -0.4 is 16.1 Å². The van der Waals surface area contributed by atoms with Crippen molar-refractivity contribution in [3.8, 4) is 0 Å². The lowest BCUT2D eigenvalue weighted by molar-refractivity contribution is -0.168. The Bertz CT molecular complexity index is 950. The summed E-state index contributed by atoms with van der Waals surface area (Å²) in [6, 6.07) is 0. The maximum Gasteiger partial charge on any atom is 0.332 e. The first kappa shape index (κ1) is 21.5. The molecule has 2 aromatic heterocycles. The van der Waals surface area contributed by atoms with Crippen LogP contribution in [0.5, 0.6) is 0 Å². The van der Waals surface area contributed by atoms with E-state index in [2.05, 4.69) is 4.98 Å². The number of imidazole rings is 1. The molecule has 162 valence electrons. The average Bonchev–Trinajstić information content (AvgIpc) is 3.24. The molecule has 2 aromatic rings. The zero-order valence-electron chi connectivity index (χ0n) is 16.6. The Labute approximate surface area is 166 Å². The van der Waals surface area contributed by atoms with E-state index in [0.717, 1.165) is 24.0 Å². The van der Waals surface area contributed by atoms with Crippen LogP contribution in [0, 0.1) is 0 Å². The Hall–Kier alpha value is -2.21. The summed E-state index contributed by atoms with van der Waals surface area (Å²) in [6.07, 6.45) is -0.748. The molecule has 29 heavy (non-hydrogen) atoms. The number of aliphatic hydroxyl groups is 3. The summed E-state index contributed by atoms with van der Waals surface area (Å²) in [4.78, 5) is 35.6. The summed E-state index contributed by atoms with van der Waals surface area (Å²) in [5.74, 6) is 0. The standard InChI is InChI=1S/C18H28N4O7/c1-3-5-7-20-15-12(16(26)21(18(20)27)8-6-4-2)22(10-19-15)29-17-14(25)13(24)11(9-23)28-17/h10-11,13-14,17,23-25H,3-9H2,1-2H3/t11-,13-,14-,17+/m1/s1. The summed E-state index contributed by atoms with van der Waals surface area (Å²) in [5, 5.41) is 29.2. The second kappa shape index (κ2) is 9.08. The lowest BCUT2D eigenvalue weighted by atomic mass is 10.1. The van der Waals surface area contributed by atoms with E-state index in [-0.39, 0.29) is 17.7 Å². The second-order valence-electron chi connectivity index (χ2n) is 7.15. The van der Waals surface area contributed by atoms with Crippen molar-refractivity contribution in [2.75, 3.05) is 6.61 Å². The molecule has 11 nitrogen and oxygen atoms in total. The van der Waals surface area contributed by atoms with Crippen molar-refractivity contribution in [1.29, 1.82) is 0 Å². The van der Waals surface area contributed by atoms with E-state index >= 15 is 0 Å². The van der Waals surface area contributed by atoms with E-state index in [4.69, 9.17) is 9.57 Å². The van der Waals surface area contributed by atoms with Gasteiger partial charge in [0.15, 0.2) is 11.2 Å². The molecule has 0 bridgehead atoms. The lowest BCUT2D eigenvalue weighted by Crippen LogP contribution is -2.42. The van der Waals surface area contributed by atoms with E-state index in [1.165, 1.54) is 15.5 Å². The zero-order chi connectivity index (χ0) is 21.1. The van der Waals surface area contributed by atoms with Crippen molar-refractivity contribution >= 4 is 11.2 Å². The highest BCUT2D eigenvalue weighted by molar-refractivity contribution is 5.69. The van der Waals surface area contributed by atoms with Gasteiger partial charge in [-0.25, -0.2) is 9.78 Å². The average molecular weight is 412 g/mol. The number of ether oxygens (including phenoxy) is 1. The summed E-state index contributed by atoms with van der Waals surface area (Å²) >= 11 is 0. The molecule has 3 rings (SSSR count). The van der Waals surface area contributed by atoms with Gasteiger partial charge in [0, 0.05) is 13.1 Å². The number of hydrogen-bond donors (Lipinski definition) is 3.